The molecule has 9 heteroatoms. The predicted octanol–water partition coefficient (Wildman–Crippen LogP) is 6.89. The Morgan fingerprint density at radius 2 is 0.593 bits per heavy atom. The van der Waals surface area contributed by atoms with Gasteiger partial charge in [-0.15, -0.1) is 0 Å². The zero-order chi connectivity index (χ0) is 22.7. The van der Waals surface area contributed by atoms with Crippen LogP contribution in [-0.4, -0.2) is 57.8 Å². The lowest BCUT2D eigenvalue weighted by Gasteiger charge is -2.64. The topological polar surface area (TPSA) is 23.8 Å². The molecule has 0 bridgehead atoms. The molecule has 0 fully saturated rings. The predicted molar refractivity (Wildman–Crippen MR) is 151 cm³/mol. The van der Waals surface area contributed by atoms with Gasteiger partial charge in [0.25, 0.3) is 0 Å². The average Bonchev–Trinajstić information content (AvgIpc) is 2.44. The molecule has 1 nitrogen and oxygen atoms in total. The molecule has 0 aliphatic carbocycles. The van der Waals surface area contributed by atoms with Crippen molar-refractivity contribution in [3.05, 3.63) is 0 Å². The van der Waals surface area contributed by atoms with Crippen LogP contribution in [0.2, 0.25) is 111 Å². The standard InChI is InChI=1S/C18H51NSi8/c1-20(2,3)22(6,7)24(10,11)26(14,15)27(16,17)25(12,13)23(8,9)21(4,5)18-19/h1-17H3. The Balaban J connectivity index is 6.71. The van der Waals surface area contributed by atoms with Crippen molar-refractivity contribution < 1.29 is 0 Å². The van der Waals surface area contributed by atoms with Crippen molar-refractivity contribution in [2.75, 3.05) is 0 Å². The van der Waals surface area contributed by atoms with Crippen LogP contribution in [0.15, 0.2) is 0 Å². The minimum atomic E-state index is -1.77. The van der Waals surface area contributed by atoms with Crippen molar-refractivity contribution in [1.29, 1.82) is 5.26 Å². The van der Waals surface area contributed by atoms with Gasteiger partial charge in [0.05, 0.1) is 7.11 Å². The quantitative estimate of drug-likeness (QED) is 0.345. The first kappa shape index (κ1) is 28.2. The lowest BCUT2D eigenvalue weighted by Crippen LogP contribution is -2.92. The lowest BCUT2D eigenvalue weighted by molar-refractivity contribution is 1.54. The van der Waals surface area contributed by atoms with Crippen LogP contribution in [0.1, 0.15) is 0 Å². The van der Waals surface area contributed by atoms with Crippen molar-refractivity contribution in [2.45, 2.75) is 111 Å². The van der Waals surface area contributed by atoms with Crippen LogP contribution in [0.4, 0.5) is 0 Å². The maximum atomic E-state index is 10.1. The van der Waals surface area contributed by atoms with Crippen molar-refractivity contribution in [2.24, 2.45) is 0 Å². The van der Waals surface area contributed by atoms with Crippen LogP contribution in [0.25, 0.3) is 0 Å². The monoisotopic (exact) mass is 505 g/mol. The van der Waals surface area contributed by atoms with Gasteiger partial charge in [-0.25, -0.2) is 5.26 Å². The molecule has 0 aromatic carbocycles. The molecule has 0 aliphatic heterocycles. The van der Waals surface area contributed by atoms with E-state index in [0.717, 1.165) is 0 Å². The molecule has 0 rings (SSSR count). The molecule has 0 aromatic rings. The summed E-state index contributed by atoms with van der Waals surface area (Å²) in [4.78, 5) is 0. The van der Waals surface area contributed by atoms with Crippen molar-refractivity contribution >= 4 is 57.8 Å². The van der Waals surface area contributed by atoms with E-state index in [4.69, 9.17) is 0 Å². The van der Waals surface area contributed by atoms with Gasteiger partial charge >= 0.3 is 0 Å². The summed E-state index contributed by atoms with van der Waals surface area (Å²) in [6, 6.07) is 0. The van der Waals surface area contributed by atoms with Gasteiger partial charge in [-0.05, 0) is 0 Å². The van der Waals surface area contributed by atoms with Crippen LogP contribution < -0.4 is 0 Å². The molecule has 0 aliphatic rings. The summed E-state index contributed by atoms with van der Waals surface area (Å²) in [5, 5.41) is 10.1. The fourth-order valence-electron chi connectivity index (χ4n) is 4.98. The van der Waals surface area contributed by atoms with Gasteiger partial charge in [0.2, 0.25) is 0 Å². The van der Waals surface area contributed by atoms with Crippen molar-refractivity contribution in [3.63, 3.8) is 0 Å². The SMILES string of the molecule is C[Si](C)(C)[Si](C)(C)[Si](C)(C)[Si](C)(C)[Si](C)(C)[Si](C)(C)[Si](C)(C)[Si](C)(C)C#N. The maximum Gasteiger partial charge on any atom is 0.155 e. The highest BCUT2D eigenvalue weighted by atomic mass is 30.1. The number of rotatable bonds is 7. The van der Waals surface area contributed by atoms with E-state index in [9.17, 15) is 5.26 Å². The molecule has 27 heavy (non-hydrogen) atoms. The van der Waals surface area contributed by atoms with Crippen LogP contribution >= 0.6 is 0 Å². The highest BCUT2D eigenvalue weighted by Crippen LogP contribution is 2.45. The highest BCUT2D eigenvalue weighted by Gasteiger charge is 2.69. The molecular weight excluding hydrogens is 455 g/mol. The van der Waals surface area contributed by atoms with Gasteiger partial charge in [-0.2, -0.15) is 0 Å². The first-order valence-electron chi connectivity index (χ1n) is 10.7. The molecule has 0 atom stereocenters. The largest absolute Gasteiger partial charge is 0.207 e. The van der Waals surface area contributed by atoms with Crippen LogP contribution in [0.5, 0.6) is 0 Å². The van der Waals surface area contributed by atoms with Crippen LogP contribution in [-0.2, 0) is 0 Å². The first-order chi connectivity index (χ1) is 11.3. The Hall–Kier alpha value is 1.23. The summed E-state index contributed by atoms with van der Waals surface area (Å²) < 4.78 is 0. The summed E-state index contributed by atoms with van der Waals surface area (Å²) in [7, 11) is -11.1. The molecule has 0 saturated heterocycles. The van der Waals surface area contributed by atoms with Gasteiger partial charge in [0.1, 0.15) is 0 Å². The molecule has 0 unspecified atom stereocenters. The summed E-state index contributed by atoms with van der Waals surface area (Å²) in [6.07, 6.45) is 0. The van der Waals surface area contributed by atoms with Gasteiger partial charge in [0.15, 0.2) is 7.59 Å². The Morgan fingerprint density at radius 1 is 0.370 bits per heavy atom. The third-order valence-corrected chi connectivity index (χ3v) is 182. The molecule has 0 N–H and O–H groups in total. The third-order valence-electron chi connectivity index (χ3n) is 11.5. The maximum absolute atomic E-state index is 10.1. The minimum Gasteiger partial charge on any atom is -0.207 e. The molecule has 0 amide bonds. The Labute approximate surface area is 179 Å². The van der Waals surface area contributed by atoms with E-state index in [1.807, 2.05) is 0 Å². The van der Waals surface area contributed by atoms with Gasteiger partial charge in [-0.3, -0.25) is 0 Å². The second kappa shape index (κ2) is 7.42. The lowest BCUT2D eigenvalue weighted by atomic mass is 11.7. The van der Waals surface area contributed by atoms with Gasteiger partial charge in [-0.1, -0.05) is 111 Å². The van der Waals surface area contributed by atoms with Crippen LogP contribution in [0, 0.1) is 11.0 Å². The Morgan fingerprint density at radius 3 is 0.815 bits per heavy atom. The summed E-state index contributed by atoms with van der Waals surface area (Å²) >= 11 is 0. The third kappa shape index (κ3) is 3.83. The zero-order valence-corrected chi connectivity index (χ0v) is 29.9. The molecule has 0 aromatic heterocycles. The normalized spacial score (nSPS) is 16.3. The highest BCUT2D eigenvalue weighted by molar-refractivity contribution is 8.03. The summed E-state index contributed by atoms with van der Waals surface area (Å²) in [5.74, 6) is 0. The van der Waals surface area contributed by atoms with E-state index in [1.54, 1.807) is 0 Å². The zero-order valence-electron chi connectivity index (χ0n) is 21.9. The fourth-order valence-corrected chi connectivity index (χ4v) is 232. The van der Waals surface area contributed by atoms with Crippen LogP contribution in [0.3, 0.4) is 0 Å². The smallest absolute Gasteiger partial charge is 0.155 e. The van der Waals surface area contributed by atoms with Crippen molar-refractivity contribution in [1.82, 2.24) is 0 Å². The summed E-state index contributed by atoms with van der Waals surface area (Å²) in [6.45, 7) is 46.2. The second-order valence-corrected chi connectivity index (χ2v) is 103. The number of hydrogen-bond acceptors (Lipinski definition) is 1. The Bertz CT molecular complexity index is 604. The van der Waals surface area contributed by atoms with Crippen molar-refractivity contribution in [3.8, 4) is 5.69 Å². The number of nitrogens with zero attached hydrogens (tertiary/aromatic N) is 1. The number of hydrogen-bond donors (Lipinski definition) is 0. The van der Waals surface area contributed by atoms with E-state index in [2.05, 4.69) is 117 Å². The molecular formula is C18H51NSi8. The molecule has 0 heterocycles. The molecule has 0 saturated carbocycles. The van der Waals surface area contributed by atoms with E-state index in [-0.39, 0.29) is 0 Å². The van der Waals surface area contributed by atoms with E-state index < -0.39 is 57.8 Å². The van der Waals surface area contributed by atoms with E-state index in [1.165, 1.54) is 0 Å². The fraction of sp³-hybridized carbons (Fsp3) is 0.944. The molecule has 0 radical (unpaired) electrons. The van der Waals surface area contributed by atoms with Gasteiger partial charge < -0.3 is 0 Å². The van der Waals surface area contributed by atoms with Gasteiger partial charge in [0, 0.05) is 48.8 Å². The molecule has 0 spiro atoms. The van der Waals surface area contributed by atoms with E-state index in [0.29, 0.717) is 0 Å². The van der Waals surface area contributed by atoms with E-state index >= 15 is 0 Å². The first-order valence-corrected chi connectivity index (χ1v) is 42.2. The Kier molecular flexibility index (Phi) is 7.76. The number of nitriles is 1. The minimum absolute atomic E-state index is 1.12. The summed E-state index contributed by atoms with van der Waals surface area (Å²) in [5.41, 5.74) is 2.90. The molecule has 160 valence electrons. The second-order valence-electron chi connectivity index (χ2n) is 13.7. The average molecular weight is 506 g/mol.